The summed E-state index contributed by atoms with van der Waals surface area (Å²) in [7, 11) is 1.95. The minimum atomic E-state index is -0.745. The number of nitrogens with one attached hydrogen (secondary N) is 1. The SMILES string of the molecule is Cn1cc(C[C@@H](N)C(=O)NO)c2ccccc21. The number of carbonyl (C=O) groups excluding carboxylic acids is 1. The van der Waals surface area contributed by atoms with E-state index in [1.54, 1.807) is 5.48 Å². The van der Waals surface area contributed by atoms with E-state index in [2.05, 4.69) is 0 Å². The van der Waals surface area contributed by atoms with Gasteiger partial charge in [-0.2, -0.15) is 0 Å². The third kappa shape index (κ3) is 2.15. The number of hydrogen-bond donors (Lipinski definition) is 3. The van der Waals surface area contributed by atoms with Crippen molar-refractivity contribution >= 4 is 16.8 Å². The lowest BCUT2D eigenvalue weighted by atomic mass is 10.1. The summed E-state index contributed by atoms with van der Waals surface area (Å²) in [6, 6.07) is 7.17. The van der Waals surface area contributed by atoms with Gasteiger partial charge in [-0.25, -0.2) is 5.48 Å². The molecule has 1 atom stereocenters. The van der Waals surface area contributed by atoms with E-state index in [-0.39, 0.29) is 0 Å². The Morgan fingerprint density at radius 3 is 2.94 bits per heavy atom. The van der Waals surface area contributed by atoms with Crippen LogP contribution in [0.5, 0.6) is 0 Å². The van der Waals surface area contributed by atoms with Crippen LogP contribution in [-0.4, -0.2) is 21.7 Å². The maximum absolute atomic E-state index is 11.2. The Morgan fingerprint density at radius 2 is 2.24 bits per heavy atom. The third-order valence-corrected chi connectivity index (χ3v) is 2.87. The van der Waals surface area contributed by atoms with Crippen molar-refractivity contribution < 1.29 is 10.0 Å². The molecular formula is C12H15N3O2. The number of fused-ring (bicyclic) bond motifs is 1. The molecule has 1 amide bonds. The first-order chi connectivity index (χ1) is 8.13. The van der Waals surface area contributed by atoms with Gasteiger partial charge in [-0.1, -0.05) is 18.2 Å². The molecule has 0 unspecified atom stereocenters. The Morgan fingerprint density at radius 1 is 1.53 bits per heavy atom. The number of aromatic nitrogens is 1. The minimum absolute atomic E-state index is 0.397. The van der Waals surface area contributed by atoms with Crippen LogP contribution in [0.3, 0.4) is 0 Å². The molecule has 1 heterocycles. The number of hydroxylamine groups is 1. The van der Waals surface area contributed by atoms with Gasteiger partial charge in [0, 0.05) is 24.1 Å². The Balaban J connectivity index is 2.33. The second kappa shape index (κ2) is 4.57. The molecule has 1 aromatic heterocycles. The molecule has 0 saturated heterocycles. The van der Waals surface area contributed by atoms with Gasteiger partial charge in [-0.15, -0.1) is 0 Å². The summed E-state index contributed by atoms with van der Waals surface area (Å²) >= 11 is 0. The molecule has 0 aliphatic carbocycles. The van der Waals surface area contributed by atoms with Crippen LogP contribution in [0.15, 0.2) is 30.5 Å². The highest BCUT2D eigenvalue weighted by atomic mass is 16.5. The lowest BCUT2D eigenvalue weighted by Gasteiger charge is -2.07. The molecule has 5 nitrogen and oxygen atoms in total. The zero-order valence-corrected chi connectivity index (χ0v) is 9.55. The van der Waals surface area contributed by atoms with E-state index in [0.717, 1.165) is 16.5 Å². The van der Waals surface area contributed by atoms with Crippen LogP contribution >= 0.6 is 0 Å². The predicted octanol–water partition coefficient (Wildman–Crippen LogP) is 0.554. The Hall–Kier alpha value is -1.85. The maximum Gasteiger partial charge on any atom is 0.260 e. The molecule has 90 valence electrons. The third-order valence-electron chi connectivity index (χ3n) is 2.87. The van der Waals surface area contributed by atoms with E-state index < -0.39 is 11.9 Å². The van der Waals surface area contributed by atoms with Gasteiger partial charge in [0.2, 0.25) is 0 Å². The molecule has 4 N–H and O–H groups in total. The summed E-state index contributed by atoms with van der Waals surface area (Å²) < 4.78 is 1.99. The number of rotatable bonds is 3. The average molecular weight is 233 g/mol. The van der Waals surface area contributed by atoms with E-state index in [1.807, 2.05) is 42.1 Å². The van der Waals surface area contributed by atoms with Crippen molar-refractivity contribution in [1.82, 2.24) is 10.0 Å². The van der Waals surface area contributed by atoms with Gasteiger partial charge >= 0.3 is 0 Å². The van der Waals surface area contributed by atoms with Crippen LogP contribution in [0.1, 0.15) is 5.56 Å². The molecule has 17 heavy (non-hydrogen) atoms. The van der Waals surface area contributed by atoms with Gasteiger partial charge in [-0.05, 0) is 18.1 Å². The fourth-order valence-corrected chi connectivity index (χ4v) is 2.00. The van der Waals surface area contributed by atoms with Crippen molar-refractivity contribution in [3.05, 3.63) is 36.0 Å². The Labute approximate surface area is 98.8 Å². The van der Waals surface area contributed by atoms with Gasteiger partial charge in [0.1, 0.15) is 0 Å². The molecule has 0 aliphatic rings. The summed E-state index contributed by atoms with van der Waals surface area (Å²) in [5, 5.41) is 9.60. The number of para-hydroxylation sites is 1. The van der Waals surface area contributed by atoms with Crippen LogP contribution in [0, 0.1) is 0 Å². The van der Waals surface area contributed by atoms with Crippen molar-refractivity contribution in [2.45, 2.75) is 12.5 Å². The zero-order valence-electron chi connectivity index (χ0n) is 9.55. The van der Waals surface area contributed by atoms with Gasteiger partial charge < -0.3 is 10.3 Å². The summed E-state index contributed by atoms with van der Waals surface area (Å²) in [5.74, 6) is -0.571. The van der Waals surface area contributed by atoms with E-state index in [1.165, 1.54) is 0 Å². The van der Waals surface area contributed by atoms with E-state index in [9.17, 15) is 4.79 Å². The number of amides is 1. The van der Waals surface area contributed by atoms with Crippen LogP contribution in [0.25, 0.3) is 10.9 Å². The second-order valence-electron chi connectivity index (χ2n) is 4.07. The fourth-order valence-electron chi connectivity index (χ4n) is 2.00. The van der Waals surface area contributed by atoms with E-state index >= 15 is 0 Å². The van der Waals surface area contributed by atoms with Crippen LogP contribution < -0.4 is 11.2 Å². The topological polar surface area (TPSA) is 80.3 Å². The first kappa shape index (κ1) is 11.6. The average Bonchev–Trinajstić information content (AvgIpc) is 2.66. The quantitative estimate of drug-likeness (QED) is 0.535. The van der Waals surface area contributed by atoms with Crippen molar-refractivity contribution in [3.8, 4) is 0 Å². The number of nitrogens with two attached hydrogens (primary N) is 1. The smallest absolute Gasteiger partial charge is 0.260 e. The van der Waals surface area contributed by atoms with Gasteiger partial charge in [0.25, 0.3) is 5.91 Å². The van der Waals surface area contributed by atoms with E-state index in [4.69, 9.17) is 10.9 Å². The predicted molar refractivity (Wildman–Crippen MR) is 64.5 cm³/mol. The summed E-state index contributed by atoms with van der Waals surface area (Å²) in [6.45, 7) is 0. The number of carbonyl (C=O) groups is 1. The maximum atomic E-state index is 11.2. The van der Waals surface area contributed by atoms with Crippen molar-refractivity contribution in [2.24, 2.45) is 12.8 Å². The molecule has 0 saturated carbocycles. The number of aryl methyl sites for hydroxylation is 1. The first-order valence-electron chi connectivity index (χ1n) is 5.36. The molecule has 1 aromatic carbocycles. The first-order valence-corrected chi connectivity index (χ1v) is 5.36. The Bertz CT molecular complexity index is 548. The van der Waals surface area contributed by atoms with E-state index in [0.29, 0.717) is 6.42 Å². The lowest BCUT2D eigenvalue weighted by molar-refractivity contribution is -0.130. The highest BCUT2D eigenvalue weighted by molar-refractivity contribution is 5.86. The van der Waals surface area contributed by atoms with Gasteiger partial charge in [0.15, 0.2) is 0 Å². The van der Waals surface area contributed by atoms with Crippen molar-refractivity contribution in [3.63, 3.8) is 0 Å². The molecule has 5 heteroatoms. The largest absolute Gasteiger partial charge is 0.350 e. The fraction of sp³-hybridized carbons (Fsp3) is 0.250. The standard InChI is InChI=1S/C12H15N3O2/c1-15-7-8(6-10(13)12(16)14-17)9-4-2-3-5-11(9)15/h2-5,7,10,17H,6,13H2,1H3,(H,14,16)/t10-/m1/s1. The highest BCUT2D eigenvalue weighted by Crippen LogP contribution is 2.21. The molecule has 0 fully saturated rings. The zero-order chi connectivity index (χ0) is 12.4. The van der Waals surface area contributed by atoms with Gasteiger partial charge in [0.05, 0.1) is 6.04 Å². The van der Waals surface area contributed by atoms with Crippen LogP contribution in [0.2, 0.25) is 0 Å². The Kier molecular flexibility index (Phi) is 3.12. The molecule has 0 aliphatic heterocycles. The number of benzene rings is 1. The van der Waals surface area contributed by atoms with Crippen molar-refractivity contribution in [1.29, 1.82) is 0 Å². The molecule has 2 rings (SSSR count). The molecule has 0 bridgehead atoms. The van der Waals surface area contributed by atoms with Crippen LogP contribution in [-0.2, 0) is 18.3 Å². The normalized spacial score (nSPS) is 12.6. The summed E-state index contributed by atoms with van der Waals surface area (Å²) in [4.78, 5) is 11.2. The number of nitrogens with zero attached hydrogens (tertiary/aromatic N) is 1. The highest BCUT2D eigenvalue weighted by Gasteiger charge is 2.15. The minimum Gasteiger partial charge on any atom is -0.350 e. The molecule has 0 radical (unpaired) electrons. The number of hydrogen-bond acceptors (Lipinski definition) is 3. The molecule has 0 spiro atoms. The van der Waals surface area contributed by atoms with Crippen molar-refractivity contribution in [2.75, 3.05) is 0 Å². The summed E-state index contributed by atoms with van der Waals surface area (Å²) in [5.41, 5.74) is 9.34. The summed E-state index contributed by atoms with van der Waals surface area (Å²) in [6.07, 6.45) is 2.35. The van der Waals surface area contributed by atoms with Crippen LogP contribution in [0.4, 0.5) is 0 Å². The molecule has 2 aromatic rings. The molecular weight excluding hydrogens is 218 g/mol. The monoisotopic (exact) mass is 233 g/mol. The van der Waals surface area contributed by atoms with Gasteiger partial charge in [-0.3, -0.25) is 10.0 Å². The second-order valence-corrected chi connectivity index (χ2v) is 4.07. The lowest BCUT2D eigenvalue weighted by Crippen LogP contribution is -2.40.